The van der Waals surface area contributed by atoms with Gasteiger partial charge in [-0.1, -0.05) is 12.1 Å². The van der Waals surface area contributed by atoms with Gasteiger partial charge in [0, 0.05) is 5.56 Å². The molecule has 0 spiro atoms. The van der Waals surface area contributed by atoms with Crippen molar-refractivity contribution in [1.82, 2.24) is 0 Å². The van der Waals surface area contributed by atoms with E-state index in [-0.39, 0.29) is 0 Å². The third-order valence-corrected chi connectivity index (χ3v) is 1.87. The van der Waals surface area contributed by atoms with Crippen molar-refractivity contribution < 1.29 is 9.78 Å². The summed E-state index contributed by atoms with van der Waals surface area (Å²) in [6.45, 7) is 4.24. The molecule has 0 N–H and O–H groups in total. The Bertz CT molecular complexity index is 305. The summed E-state index contributed by atoms with van der Waals surface area (Å²) in [6, 6.07) is 6.04. The summed E-state index contributed by atoms with van der Waals surface area (Å²) in [5, 5.41) is 0. The van der Waals surface area contributed by atoms with Crippen LogP contribution in [-0.2, 0) is 17.9 Å². The van der Waals surface area contributed by atoms with Gasteiger partial charge in [0.25, 0.3) is 0 Å². The van der Waals surface area contributed by atoms with E-state index in [9.17, 15) is 0 Å². The zero-order valence-corrected chi connectivity index (χ0v) is 6.75. The molecule has 0 saturated heterocycles. The minimum atomic E-state index is 0.556. The SMILES string of the molecule is C=CCc1ccc2c(c1)COO2. The lowest BCUT2D eigenvalue weighted by molar-refractivity contribution is -0.194. The van der Waals surface area contributed by atoms with E-state index in [1.54, 1.807) is 0 Å². The van der Waals surface area contributed by atoms with Crippen molar-refractivity contribution in [2.24, 2.45) is 0 Å². The molecule has 0 aromatic heterocycles. The lowest BCUT2D eigenvalue weighted by atomic mass is 10.1. The van der Waals surface area contributed by atoms with Crippen LogP contribution in [0.1, 0.15) is 11.1 Å². The van der Waals surface area contributed by atoms with Crippen LogP contribution in [0.4, 0.5) is 0 Å². The molecule has 0 atom stereocenters. The average molecular weight is 162 g/mol. The quantitative estimate of drug-likeness (QED) is 0.490. The predicted octanol–water partition coefficient (Wildman–Crippen LogP) is 2.24. The molecule has 0 aliphatic carbocycles. The van der Waals surface area contributed by atoms with Crippen LogP contribution in [-0.4, -0.2) is 0 Å². The fourth-order valence-corrected chi connectivity index (χ4v) is 1.28. The first-order valence-corrected chi connectivity index (χ1v) is 3.92. The summed E-state index contributed by atoms with van der Waals surface area (Å²) >= 11 is 0. The molecule has 1 aliphatic rings. The van der Waals surface area contributed by atoms with Gasteiger partial charge < -0.3 is 4.89 Å². The van der Waals surface area contributed by atoms with Crippen LogP contribution >= 0.6 is 0 Å². The molecule has 1 aromatic carbocycles. The molecule has 1 aliphatic heterocycles. The average Bonchev–Trinajstić information content (AvgIpc) is 2.51. The molecule has 12 heavy (non-hydrogen) atoms. The van der Waals surface area contributed by atoms with Gasteiger partial charge in [0.2, 0.25) is 0 Å². The van der Waals surface area contributed by atoms with Gasteiger partial charge in [0.1, 0.15) is 6.61 Å². The highest BCUT2D eigenvalue weighted by Crippen LogP contribution is 2.26. The number of hydrogen-bond acceptors (Lipinski definition) is 2. The van der Waals surface area contributed by atoms with Gasteiger partial charge in [-0.15, -0.1) is 6.58 Å². The second kappa shape index (κ2) is 2.99. The normalized spacial score (nSPS) is 13.7. The van der Waals surface area contributed by atoms with Crippen molar-refractivity contribution in [1.29, 1.82) is 0 Å². The van der Waals surface area contributed by atoms with E-state index in [1.807, 2.05) is 18.2 Å². The molecule has 0 saturated carbocycles. The van der Waals surface area contributed by atoms with Gasteiger partial charge in [0.15, 0.2) is 5.75 Å². The van der Waals surface area contributed by atoms with Crippen molar-refractivity contribution in [2.75, 3.05) is 0 Å². The van der Waals surface area contributed by atoms with E-state index in [0.29, 0.717) is 6.61 Å². The molecule has 2 heteroatoms. The van der Waals surface area contributed by atoms with E-state index in [0.717, 1.165) is 17.7 Å². The second-order valence-electron chi connectivity index (χ2n) is 2.78. The number of hydrogen-bond donors (Lipinski definition) is 0. The van der Waals surface area contributed by atoms with Crippen LogP contribution in [0.25, 0.3) is 0 Å². The number of rotatable bonds is 2. The maximum absolute atomic E-state index is 4.91. The summed E-state index contributed by atoms with van der Waals surface area (Å²) in [5.41, 5.74) is 2.37. The lowest BCUT2D eigenvalue weighted by Gasteiger charge is -1.97. The van der Waals surface area contributed by atoms with Gasteiger partial charge in [0.05, 0.1) is 0 Å². The Morgan fingerprint density at radius 2 is 2.42 bits per heavy atom. The molecule has 0 unspecified atom stereocenters. The van der Waals surface area contributed by atoms with E-state index < -0.39 is 0 Å². The van der Waals surface area contributed by atoms with Gasteiger partial charge >= 0.3 is 0 Å². The molecule has 62 valence electrons. The Balaban J connectivity index is 2.32. The highest BCUT2D eigenvalue weighted by atomic mass is 17.2. The largest absolute Gasteiger partial charge is 0.337 e. The summed E-state index contributed by atoms with van der Waals surface area (Å²) in [4.78, 5) is 9.73. The second-order valence-corrected chi connectivity index (χ2v) is 2.78. The Kier molecular flexibility index (Phi) is 1.84. The summed E-state index contributed by atoms with van der Waals surface area (Å²) in [7, 11) is 0. The van der Waals surface area contributed by atoms with Crippen LogP contribution in [0, 0.1) is 0 Å². The molecule has 0 amide bonds. The van der Waals surface area contributed by atoms with Crippen LogP contribution in [0.15, 0.2) is 30.9 Å². The van der Waals surface area contributed by atoms with Crippen molar-refractivity contribution in [3.63, 3.8) is 0 Å². The molecular formula is C10H10O2. The molecule has 0 bridgehead atoms. The van der Waals surface area contributed by atoms with Gasteiger partial charge in [-0.3, -0.25) is 0 Å². The van der Waals surface area contributed by atoms with Crippen molar-refractivity contribution >= 4 is 0 Å². The number of benzene rings is 1. The molecule has 0 radical (unpaired) electrons. The van der Waals surface area contributed by atoms with Crippen LogP contribution < -0.4 is 4.89 Å². The summed E-state index contributed by atoms with van der Waals surface area (Å²) in [5.74, 6) is 0.836. The van der Waals surface area contributed by atoms with E-state index in [2.05, 4.69) is 12.6 Å². The van der Waals surface area contributed by atoms with Crippen LogP contribution in [0.2, 0.25) is 0 Å². The standard InChI is InChI=1S/C10H10O2/c1-2-3-8-4-5-10-9(6-8)7-11-12-10/h2,4-6H,1,3,7H2. The maximum Gasteiger partial charge on any atom is 0.171 e. The van der Waals surface area contributed by atoms with E-state index in [1.165, 1.54) is 5.56 Å². The smallest absolute Gasteiger partial charge is 0.171 e. The molecule has 2 rings (SSSR count). The van der Waals surface area contributed by atoms with Crippen LogP contribution in [0.5, 0.6) is 5.75 Å². The summed E-state index contributed by atoms with van der Waals surface area (Å²) < 4.78 is 0. The fraction of sp³-hybridized carbons (Fsp3) is 0.200. The zero-order valence-electron chi connectivity index (χ0n) is 6.75. The monoisotopic (exact) mass is 162 g/mol. The van der Waals surface area contributed by atoms with Crippen molar-refractivity contribution in [2.45, 2.75) is 13.0 Å². The third-order valence-electron chi connectivity index (χ3n) is 1.87. The Hall–Kier alpha value is -1.28. The van der Waals surface area contributed by atoms with E-state index in [4.69, 9.17) is 9.78 Å². The third kappa shape index (κ3) is 1.21. The van der Waals surface area contributed by atoms with Gasteiger partial charge in [-0.2, -0.15) is 4.89 Å². The van der Waals surface area contributed by atoms with Gasteiger partial charge in [-0.25, -0.2) is 0 Å². The minimum Gasteiger partial charge on any atom is -0.337 e. The Morgan fingerprint density at radius 1 is 1.50 bits per heavy atom. The first-order valence-electron chi connectivity index (χ1n) is 3.92. The lowest BCUT2D eigenvalue weighted by Crippen LogP contribution is -1.83. The van der Waals surface area contributed by atoms with Crippen molar-refractivity contribution in [3.8, 4) is 5.75 Å². The minimum absolute atomic E-state index is 0.556. The van der Waals surface area contributed by atoms with Crippen molar-refractivity contribution in [3.05, 3.63) is 42.0 Å². The summed E-state index contributed by atoms with van der Waals surface area (Å²) in [6.07, 6.45) is 2.78. The topological polar surface area (TPSA) is 18.5 Å². The Labute approximate surface area is 71.4 Å². The molecule has 1 aromatic rings. The maximum atomic E-state index is 4.91. The first kappa shape index (κ1) is 7.37. The zero-order chi connectivity index (χ0) is 8.39. The molecular weight excluding hydrogens is 152 g/mol. The molecule has 2 nitrogen and oxygen atoms in total. The highest BCUT2D eigenvalue weighted by Gasteiger charge is 2.12. The number of allylic oxidation sites excluding steroid dienone is 1. The molecule has 1 heterocycles. The molecule has 0 fully saturated rings. The predicted molar refractivity (Wildman–Crippen MR) is 45.8 cm³/mol. The Morgan fingerprint density at radius 3 is 3.25 bits per heavy atom. The van der Waals surface area contributed by atoms with E-state index >= 15 is 0 Å². The fourth-order valence-electron chi connectivity index (χ4n) is 1.28. The number of fused-ring (bicyclic) bond motifs is 1. The van der Waals surface area contributed by atoms with Crippen LogP contribution in [0.3, 0.4) is 0 Å². The van der Waals surface area contributed by atoms with Gasteiger partial charge in [-0.05, 0) is 24.1 Å². The first-order chi connectivity index (χ1) is 5.90. The highest BCUT2D eigenvalue weighted by molar-refractivity contribution is 5.38.